The van der Waals surface area contributed by atoms with Gasteiger partial charge in [0.2, 0.25) is 0 Å². The number of hydrogen-bond acceptors (Lipinski definition) is 3. The van der Waals surface area contributed by atoms with Crippen LogP contribution in [0, 0.1) is 0 Å². The third-order valence-electron chi connectivity index (χ3n) is 3.49. The number of benzene rings is 1. The third-order valence-corrected chi connectivity index (χ3v) is 3.49. The van der Waals surface area contributed by atoms with Crippen molar-refractivity contribution in [1.29, 1.82) is 0 Å². The fraction of sp³-hybridized carbons (Fsp3) is 0.389. The molecule has 1 aromatic heterocycles. The number of rotatable bonds is 6. The smallest absolute Gasteiger partial charge is 0.138 e. The molecule has 112 valence electrons. The molecule has 0 spiro atoms. The monoisotopic (exact) mass is 284 g/mol. The largest absolute Gasteiger partial charge is 0.489 e. The maximum atomic E-state index is 5.70. The van der Waals surface area contributed by atoms with Crippen molar-refractivity contribution < 1.29 is 4.74 Å². The van der Waals surface area contributed by atoms with E-state index < -0.39 is 0 Å². The van der Waals surface area contributed by atoms with E-state index >= 15 is 0 Å². The first-order chi connectivity index (χ1) is 10.1. The second-order valence-corrected chi connectivity index (χ2v) is 5.45. The summed E-state index contributed by atoms with van der Waals surface area (Å²) < 4.78 is 5.70. The molecule has 1 aromatic carbocycles. The van der Waals surface area contributed by atoms with Crippen molar-refractivity contribution >= 4 is 0 Å². The zero-order valence-corrected chi connectivity index (χ0v) is 13.3. The molecule has 3 nitrogen and oxygen atoms in total. The lowest BCUT2D eigenvalue weighted by Crippen LogP contribution is -2.14. The van der Waals surface area contributed by atoms with E-state index in [2.05, 4.69) is 41.5 Å². The molecule has 1 atom stereocenters. The molecule has 21 heavy (non-hydrogen) atoms. The van der Waals surface area contributed by atoms with Crippen LogP contribution in [0.5, 0.6) is 5.75 Å². The fourth-order valence-electron chi connectivity index (χ4n) is 2.43. The maximum absolute atomic E-state index is 5.70. The summed E-state index contributed by atoms with van der Waals surface area (Å²) in [5.41, 5.74) is 3.55. The molecule has 0 bridgehead atoms. The van der Waals surface area contributed by atoms with Crippen molar-refractivity contribution in [2.75, 3.05) is 7.05 Å². The van der Waals surface area contributed by atoms with E-state index in [1.807, 2.05) is 33.2 Å². The van der Waals surface area contributed by atoms with E-state index in [-0.39, 0.29) is 6.10 Å². The Kier molecular flexibility index (Phi) is 5.34. The first-order valence-electron chi connectivity index (χ1n) is 7.53. The quantitative estimate of drug-likeness (QED) is 0.863. The second kappa shape index (κ2) is 7.23. The molecule has 0 aliphatic carbocycles. The summed E-state index contributed by atoms with van der Waals surface area (Å²) in [5.74, 6) is 0.813. The van der Waals surface area contributed by atoms with Crippen LogP contribution in [0.25, 0.3) is 11.1 Å². The third kappa shape index (κ3) is 4.05. The van der Waals surface area contributed by atoms with Crippen LogP contribution in [0.3, 0.4) is 0 Å². The molecular weight excluding hydrogens is 260 g/mol. The van der Waals surface area contributed by atoms with Gasteiger partial charge in [0.25, 0.3) is 0 Å². The lowest BCUT2D eigenvalue weighted by atomic mass is 10.0. The predicted octanol–water partition coefficient (Wildman–Crippen LogP) is 4.21. The number of nitrogens with zero attached hydrogens (tertiary/aromatic N) is 1. The highest BCUT2D eigenvalue weighted by atomic mass is 16.5. The highest BCUT2D eigenvalue weighted by molar-refractivity contribution is 5.64. The minimum Gasteiger partial charge on any atom is -0.489 e. The van der Waals surface area contributed by atoms with Crippen molar-refractivity contribution in [3.8, 4) is 16.9 Å². The first kappa shape index (κ1) is 15.5. The molecule has 2 aromatic rings. The molecule has 0 aliphatic rings. The highest BCUT2D eigenvalue weighted by Gasteiger charge is 2.07. The molecule has 0 saturated heterocycles. The van der Waals surface area contributed by atoms with E-state index in [0.717, 1.165) is 23.3 Å². The molecule has 0 amide bonds. The zero-order valence-electron chi connectivity index (χ0n) is 13.3. The summed E-state index contributed by atoms with van der Waals surface area (Å²) in [4.78, 5) is 4.27. The Bertz CT molecular complexity index is 560. The van der Waals surface area contributed by atoms with Gasteiger partial charge in [-0.1, -0.05) is 31.2 Å². The summed E-state index contributed by atoms with van der Waals surface area (Å²) in [6.45, 7) is 6.22. The molecule has 0 fully saturated rings. The Balaban J connectivity index is 2.22. The number of pyridine rings is 1. The van der Waals surface area contributed by atoms with E-state index in [1.54, 1.807) is 6.20 Å². The van der Waals surface area contributed by atoms with Gasteiger partial charge < -0.3 is 10.1 Å². The molecular formula is C18H24N2O. The Labute approximate surface area is 127 Å². The SMILES string of the molecule is CCC(NC)c1ccc(-c2cncc(OC(C)C)c2)cc1. The normalized spacial score (nSPS) is 12.4. The van der Waals surface area contributed by atoms with Crippen molar-refractivity contribution in [2.45, 2.75) is 39.3 Å². The summed E-state index contributed by atoms with van der Waals surface area (Å²) in [6.07, 6.45) is 4.86. The van der Waals surface area contributed by atoms with Gasteiger partial charge in [-0.2, -0.15) is 0 Å². The van der Waals surface area contributed by atoms with Gasteiger partial charge in [0, 0.05) is 17.8 Å². The molecule has 1 heterocycles. The van der Waals surface area contributed by atoms with Gasteiger partial charge in [-0.3, -0.25) is 4.98 Å². The van der Waals surface area contributed by atoms with Crippen LogP contribution in [0.1, 0.15) is 38.8 Å². The average molecular weight is 284 g/mol. The van der Waals surface area contributed by atoms with Gasteiger partial charge in [-0.15, -0.1) is 0 Å². The molecule has 1 N–H and O–H groups in total. The summed E-state index contributed by atoms with van der Waals surface area (Å²) >= 11 is 0. The van der Waals surface area contributed by atoms with E-state index in [9.17, 15) is 0 Å². The Morgan fingerprint density at radius 3 is 2.38 bits per heavy atom. The van der Waals surface area contributed by atoms with Gasteiger partial charge in [-0.05, 0) is 44.5 Å². The van der Waals surface area contributed by atoms with E-state index in [1.165, 1.54) is 5.56 Å². The van der Waals surface area contributed by atoms with Gasteiger partial charge >= 0.3 is 0 Å². The first-order valence-corrected chi connectivity index (χ1v) is 7.53. The van der Waals surface area contributed by atoms with Crippen LogP contribution in [-0.2, 0) is 0 Å². The Hall–Kier alpha value is -1.87. The number of aromatic nitrogens is 1. The number of nitrogens with one attached hydrogen (secondary N) is 1. The molecule has 0 saturated carbocycles. The van der Waals surface area contributed by atoms with Crippen LogP contribution in [-0.4, -0.2) is 18.1 Å². The lowest BCUT2D eigenvalue weighted by Gasteiger charge is -2.15. The molecule has 3 heteroatoms. The van der Waals surface area contributed by atoms with E-state index in [4.69, 9.17) is 4.74 Å². The summed E-state index contributed by atoms with van der Waals surface area (Å²) in [6, 6.07) is 11.1. The zero-order chi connectivity index (χ0) is 15.2. The van der Waals surface area contributed by atoms with Crippen molar-refractivity contribution in [3.05, 3.63) is 48.3 Å². The minimum absolute atomic E-state index is 0.158. The molecule has 1 unspecified atom stereocenters. The number of ether oxygens (including phenoxy) is 1. The minimum atomic E-state index is 0.158. The predicted molar refractivity (Wildman–Crippen MR) is 87.5 cm³/mol. The van der Waals surface area contributed by atoms with Crippen LogP contribution < -0.4 is 10.1 Å². The van der Waals surface area contributed by atoms with Crippen molar-refractivity contribution in [2.24, 2.45) is 0 Å². The standard InChI is InChI=1S/C18H24N2O/c1-5-18(19-4)15-8-6-14(7-9-15)16-10-17(12-20-11-16)21-13(2)3/h6-13,18-19H,5H2,1-4H3. The van der Waals surface area contributed by atoms with Gasteiger partial charge in [0.05, 0.1) is 12.3 Å². The summed E-state index contributed by atoms with van der Waals surface area (Å²) in [7, 11) is 2.00. The molecule has 0 radical (unpaired) electrons. The van der Waals surface area contributed by atoms with Gasteiger partial charge in [0.15, 0.2) is 0 Å². The highest BCUT2D eigenvalue weighted by Crippen LogP contribution is 2.25. The van der Waals surface area contributed by atoms with Gasteiger partial charge in [-0.25, -0.2) is 0 Å². The molecule has 0 aliphatic heterocycles. The average Bonchev–Trinajstić information content (AvgIpc) is 2.49. The van der Waals surface area contributed by atoms with Crippen molar-refractivity contribution in [1.82, 2.24) is 10.3 Å². The maximum Gasteiger partial charge on any atom is 0.138 e. The van der Waals surface area contributed by atoms with Crippen LogP contribution >= 0.6 is 0 Å². The van der Waals surface area contributed by atoms with Crippen LogP contribution in [0.15, 0.2) is 42.7 Å². The van der Waals surface area contributed by atoms with E-state index in [0.29, 0.717) is 6.04 Å². The number of hydrogen-bond donors (Lipinski definition) is 1. The lowest BCUT2D eigenvalue weighted by molar-refractivity contribution is 0.241. The van der Waals surface area contributed by atoms with Crippen molar-refractivity contribution in [3.63, 3.8) is 0 Å². The topological polar surface area (TPSA) is 34.2 Å². The van der Waals surface area contributed by atoms with Gasteiger partial charge in [0.1, 0.15) is 5.75 Å². The Morgan fingerprint density at radius 2 is 1.81 bits per heavy atom. The summed E-state index contributed by atoms with van der Waals surface area (Å²) in [5, 5.41) is 3.33. The fourth-order valence-corrected chi connectivity index (χ4v) is 2.43. The Morgan fingerprint density at radius 1 is 1.10 bits per heavy atom. The van der Waals surface area contributed by atoms with Crippen LogP contribution in [0.2, 0.25) is 0 Å². The molecule has 2 rings (SSSR count). The second-order valence-electron chi connectivity index (χ2n) is 5.45. The van der Waals surface area contributed by atoms with Crippen LogP contribution in [0.4, 0.5) is 0 Å².